The lowest BCUT2D eigenvalue weighted by Crippen LogP contribution is -2.40. The highest BCUT2D eigenvalue weighted by Crippen LogP contribution is 2.29. The first-order valence-corrected chi connectivity index (χ1v) is 4.48. The van der Waals surface area contributed by atoms with E-state index in [-0.39, 0.29) is 0 Å². The van der Waals surface area contributed by atoms with Gasteiger partial charge in [0.15, 0.2) is 0 Å². The van der Waals surface area contributed by atoms with E-state index in [1.165, 1.54) is 6.08 Å². The van der Waals surface area contributed by atoms with Crippen molar-refractivity contribution in [3.63, 3.8) is 0 Å². The van der Waals surface area contributed by atoms with Crippen LogP contribution >= 0.6 is 0 Å². The van der Waals surface area contributed by atoms with E-state index in [0.29, 0.717) is 12.8 Å². The standard InChI is InChI=1S/C10H18O2/c1-4-7-8-10(5-2,6-3)9(11)12/h5H,2,4,6-8H2,1,3H3,(H,11,12)/p-1. The summed E-state index contributed by atoms with van der Waals surface area (Å²) in [6.07, 6.45) is 4.64. The van der Waals surface area contributed by atoms with E-state index < -0.39 is 11.4 Å². The predicted molar refractivity (Wildman–Crippen MR) is 47.5 cm³/mol. The van der Waals surface area contributed by atoms with E-state index >= 15 is 0 Å². The van der Waals surface area contributed by atoms with Crippen LogP contribution in [0.2, 0.25) is 0 Å². The third-order valence-corrected chi connectivity index (χ3v) is 2.40. The summed E-state index contributed by atoms with van der Waals surface area (Å²) < 4.78 is 0. The molecule has 0 saturated carbocycles. The number of hydrogen-bond acceptors (Lipinski definition) is 2. The van der Waals surface area contributed by atoms with Crippen molar-refractivity contribution < 1.29 is 9.90 Å². The van der Waals surface area contributed by atoms with Crippen LogP contribution < -0.4 is 5.11 Å². The molecule has 2 nitrogen and oxygen atoms in total. The number of carbonyl (C=O) groups is 1. The summed E-state index contributed by atoms with van der Waals surface area (Å²) in [5.41, 5.74) is -0.796. The maximum atomic E-state index is 10.8. The third kappa shape index (κ3) is 2.36. The Labute approximate surface area is 74.3 Å². The van der Waals surface area contributed by atoms with Gasteiger partial charge in [0.2, 0.25) is 0 Å². The summed E-state index contributed by atoms with van der Waals surface area (Å²) >= 11 is 0. The van der Waals surface area contributed by atoms with Crippen molar-refractivity contribution >= 4 is 5.97 Å². The van der Waals surface area contributed by atoms with Crippen LogP contribution in [0.25, 0.3) is 0 Å². The summed E-state index contributed by atoms with van der Waals surface area (Å²) in [5, 5.41) is 10.8. The molecule has 1 unspecified atom stereocenters. The van der Waals surface area contributed by atoms with Gasteiger partial charge >= 0.3 is 0 Å². The molecule has 0 radical (unpaired) electrons. The van der Waals surface area contributed by atoms with E-state index in [2.05, 4.69) is 6.58 Å². The highest BCUT2D eigenvalue weighted by atomic mass is 16.4. The Hall–Kier alpha value is -0.790. The Morgan fingerprint density at radius 2 is 2.17 bits per heavy atom. The molecule has 0 aromatic heterocycles. The van der Waals surface area contributed by atoms with Crippen LogP contribution in [0.4, 0.5) is 0 Å². The number of aliphatic carboxylic acids is 1. The molecule has 0 aliphatic rings. The normalized spacial score (nSPS) is 15.2. The molecule has 0 aliphatic heterocycles. The second kappa shape index (κ2) is 4.96. The Bertz CT molecular complexity index is 163. The fourth-order valence-electron chi connectivity index (χ4n) is 1.25. The SMILES string of the molecule is C=CC(CC)(CCCC)C(=O)[O-]. The average Bonchev–Trinajstić information content (AvgIpc) is 2.07. The van der Waals surface area contributed by atoms with Gasteiger partial charge in [0.05, 0.1) is 5.97 Å². The second-order valence-electron chi connectivity index (χ2n) is 3.10. The summed E-state index contributed by atoms with van der Waals surface area (Å²) in [4.78, 5) is 10.8. The first-order valence-electron chi connectivity index (χ1n) is 4.48. The average molecular weight is 169 g/mol. The third-order valence-electron chi connectivity index (χ3n) is 2.40. The van der Waals surface area contributed by atoms with Crippen LogP contribution in [0.5, 0.6) is 0 Å². The van der Waals surface area contributed by atoms with Crippen LogP contribution in [-0.4, -0.2) is 5.97 Å². The van der Waals surface area contributed by atoms with Gasteiger partial charge in [0.1, 0.15) is 0 Å². The van der Waals surface area contributed by atoms with Crippen molar-refractivity contribution in [3.05, 3.63) is 12.7 Å². The minimum Gasteiger partial charge on any atom is -0.549 e. The molecule has 0 heterocycles. The summed E-state index contributed by atoms with van der Waals surface area (Å²) in [6.45, 7) is 7.45. The molecule has 0 bridgehead atoms. The minimum absolute atomic E-state index is 0.568. The van der Waals surface area contributed by atoms with Gasteiger partial charge in [0, 0.05) is 5.41 Å². The molecule has 0 rings (SSSR count). The summed E-state index contributed by atoms with van der Waals surface area (Å²) in [7, 11) is 0. The predicted octanol–water partition coefficient (Wildman–Crippen LogP) is 1.51. The van der Waals surface area contributed by atoms with Crippen molar-refractivity contribution in [2.75, 3.05) is 0 Å². The van der Waals surface area contributed by atoms with Crippen molar-refractivity contribution in [1.82, 2.24) is 0 Å². The van der Waals surface area contributed by atoms with E-state index in [1.807, 2.05) is 13.8 Å². The van der Waals surface area contributed by atoms with Crippen molar-refractivity contribution in [1.29, 1.82) is 0 Å². The molecule has 0 aromatic carbocycles. The number of carboxylic acid groups (broad SMARTS) is 1. The zero-order valence-electron chi connectivity index (χ0n) is 7.93. The zero-order valence-corrected chi connectivity index (χ0v) is 7.93. The summed E-state index contributed by atoms with van der Waals surface area (Å²) in [5.74, 6) is -0.992. The lowest BCUT2D eigenvalue weighted by molar-refractivity contribution is -0.317. The largest absolute Gasteiger partial charge is 0.549 e. The number of carbonyl (C=O) groups excluding carboxylic acids is 1. The molecule has 70 valence electrons. The maximum Gasteiger partial charge on any atom is 0.0513 e. The van der Waals surface area contributed by atoms with Gasteiger partial charge in [-0.05, 0) is 12.8 Å². The first kappa shape index (κ1) is 11.2. The number of unbranched alkanes of at least 4 members (excludes halogenated alkanes) is 1. The molecule has 0 aliphatic carbocycles. The van der Waals surface area contributed by atoms with Crippen LogP contribution in [0.3, 0.4) is 0 Å². The van der Waals surface area contributed by atoms with E-state index in [0.717, 1.165) is 12.8 Å². The molecule has 0 saturated heterocycles. The molecule has 0 aromatic rings. The Morgan fingerprint density at radius 1 is 1.58 bits per heavy atom. The first-order chi connectivity index (χ1) is 5.63. The molecule has 0 spiro atoms. The van der Waals surface area contributed by atoms with Gasteiger partial charge in [-0.2, -0.15) is 0 Å². The lowest BCUT2D eigenvalue weighted by atomic mass is 9.80. The lowest BCUT2D eigenvalue weighted by Gasteiger charge is -2.30. The second-order valence-corrected chi connectivity index (χ2v) is 3.10. The molecular weight excluding hydrogens is 152 g/mol. The number of hydrogen-bond donors (Lipinski definition) is 0. The highest BCUT2D eigenvalue weighted by molar-refractivity contribution is 5.74. The quantitative estimate of drug-likeness (QED) is 0.565. The smallest absolute Gasteiger partial charge is 0.0513 e. The highest BCUT2D eigenvalue weighted by Gasteiger charge is 2.24. The molecule has 0 fully saturated rings. The fraction of sp³-hybridized carbons (Fsp3) is 0.700. The van der Waals surface area contributed by atoms with Crippen molar-refractivity contribution in [2.45, 2.75) is 39.5 Å². The monoisotopic (exact) mass is 169 g/mol. The van der Waals surface area contributed by atoms with E-state index in [4.69, 9.17) is 0 Å². The van der Waals surface area contributed by atoms with Gasteiger partial charge in [-0.3, -0.25) is 0 Å². The fourth-order valence-corrected chi connectivity index (χ4v) is 1.25. The molecular formula is C10H17O2-. The van der Waals surface area contributed by atoms with Crippen LogP contribution in [0.1, 0.15) is 39.5 Å². The van der Waals surface area contributed by atoms with Crippen LogP contribution in [0, 0.1) is 5.41 Å². The van der Waals surface area contributed by atoms with Gasteiger partial charge in [-0.15, -0.1) is 6.58 Å². The summed E-state index contributed by atoms with van der Waals surface area (Å²) in [6, 6.07) is 0. The van der Waals surface area contributed by atoms with Crippen molar-refractivity contribution in [2.24, 2.45) is 5.41 Å². The Balaban J connectivity index is 4.35. The number of rotatable bonds is 6. The molecule has 2 heteroatoms. The Kier molecular flexibility index (Phi) is 4.64. The molecule has 1 atom stereocenters. The maximum absolute atomic E-state index is 10.8. The van der Waals surface area contributed by atoms with Crippen LogP contribution in [0.15, 0.2) is 12.7 Å². The Morgan fingerprint density at radius 3 is 2.42 bits per heavy atom. The van der Waals surface area contributed by atoms with Crippen molar-refractivity contribution in [3.8, 4) is 0 Å². The molecule has 0 N–H and O–H groups in total. The van der Waals surface area contributed by atoms with Crippen LogP contribution in [-0.2, 0) is 4.79 Å². The van der Waals surface area contributed by atoms with Gasteiger partial charge in [-0.25, -0.2) is 0 Å². The van der Waals surface area contributed by atoms with Gasteiger partial charge in [-0.1, -0.05) is 32.8 Å². The molecule has 0 amide bonds. The van der Waals surface area contributed by atoms with Gasteiger partial charge < -0.3 is 9.90 Å². The topological polar surface area (TPSA) is 40.1 Å². The van der Waals surface area contributed by atoms with Gasteiger partial charge in [0.25, 0.3) is 0 Å². The minimum atomic E-state index is -0.992. The van der Waals surface area contributed by atoms with E-state index in [1.54, 1.807) is 0 Å². The molecule has 12 heavy (non-hydrogen) atoms. The number of carboxylic acids is 1. The van der Waals surface area contributed by atoms with E-state index in [9.17, 15) is 9.90 Å². The zero-order chi connectivity index (χ0) is 9.61.